The van der Waals surface area contributed by atoms with Crippen LogP contribution in [0.1, 0.15) is 38.8 Å². The van der Waals surface area contributed by atoms with Crippen molar-refractivity contribution in [3.05, 3.63) is 24.0 Å². The lowest BCUT2D eigenvalue weighted by Crippen LogP contribution is -2.19. The minimum atomic E-state index is 0.185. The third kappa shape index (κ3) is 5.27. The maximum Gasteiger partial charge on any atom is 0.138 e. The van der Waals surface area contributed by atoms with Crippen molar-refractivity contribution in [3.63, 3.8) is 0 Å². The zero-order valence-electron chi connectivity index (χ0n) is 11.8. The summed E-state index contributed by atoms with van der Waals surface area (Å²) >= 11 is 1.97. The van der Waals surface area contributed by atoms with E-state index < -0.39 is 0 Å². The molecule has 1 aromatic heterocycles. The van der Waals surface area contributed by atoms with Crippen LogP contribution < -0.4 is 10.1 Å². The highest BCUT2D eigenvalue weighted by Crippen LogP contribution is 2.22. The summed E-state index contributed by atoms with van der Waals surface area (Å²) in [5, 5.41) is 3.34. The Balaban J connectivity index is 2.66. The molecule has 102 valence electrons. The molecule has 0 amide bonds. The van der Waals surface area contributed by atoms with E-state index in [1.165, 1.54) is 17.7 Å². The Bertz CT molecular complexity index is 344. The summed E-state index contributed by atoms with van der Waals surface area (Å²) in [5.41, 5.74) is 1.19. The predicted octanol–water partition coefficient (Wildman–Crippen LogP) is 3.27. The molecule has 3 nitrogen and oxygen atoms in total. The predicted molar refractivity (Wildman–Crippen MR) is 79.4 cm³/mol. The van der Waals surface area contributed by atoms with E-state index in [-0.39, 0.29) is 6.10 Å². The second kappa shape index (κ2) is 8.38. The first-order chi connectivity index (χ1) is 8.67. The molecule has 0 aromatic carbocycles. The Labute approximate surface area is 115 Å². The Hall–Kier alpha value is -0.740. The number of aromatic nitrogens is 1. The minimum absolute atomic E-state index is 0.185. The normalized spacial score (nSPS) is 12.7. The van der Waals surface area contributed by atoms with Gasteiger partial charge < -0.3 is 10.1 Å². The first-order valence-corrected chi connectivity index (χ1v) is 7.69. The van der Waals surface area contributed by atoms with Crippen LogP contribution in [0.25, 0.3) is 0 Å². The van der Waals surface area contributed by atoms with Crippen LogP contribution in [-0.4, -0.2) is 29.6 Å². The number of hydrogen-bond donors (Lipinski definition) is 1. The van der Waals surface area contributed by atoms with E-state index in [9.17, 15) is 0 Å². The molecule has 0 spiro atoms. The van der Waals surface area contributed by atoms with Crippen molar-refractivity contribution in [2.24, 2.45) is 0 Å². The van der Waals surface area contributed by atoms with Crippen LogP contribution in [0.15, 0.2) is 18.5 Å². The van der Waals surface area contributed by atoms with E-state index in [0.29, 0.717) is 6.04 Å². The SMILES string of the molecule is CCCSCC(NC)c1cncc(OC(C)C)c1. The van der Waals surface area contributed by atoms with Gasteiger partial charge in [0, 0.05) is 18.0 Å². The van der Waals surface area contributed by atoms with E-state index >= 15 is 0 Å². The average molecular weight is 268 g/mol. The summed E-state index contributed by atoms with van der Waals surface area (Å²) in [6.07, 6.45) is 5.09. The van der Waals surface area contributed by atoms with E-state index in [0.717, 1.165) is 11.5 Å². The zero-order chi connectivity index (χ0) is 13.4. The second-order valence-electron chi connectivity index (χ2n) is 4.54. The molecule has 18 heavy (non-hydrogen) atoms. The molecule has 1 N–H and O–H groups in total. The van der Waals surface area contributed by atoms with Gasteiger partial charge in [0.15, 0.2) is 0 Å². The summed E-state index contributed by atoms with van der Waals surface area (Å²) in [5.74, 6) is 3.12. The van der Waals surface area contributed by atoms with Gasteiger partial charge in [-0.15, -0.1) is 0 Å². The molecule has 1 heterocycles. The highest BCUT2D eigenvalue weighted by molar-refractivity contribution is 7.99. The molecule has 0 saturated carbocycles. The summed E-state index contributed by atoms with van der Waals surface area (Å²) in [6.45, 7) is 6.26. The third-order valence-corrected chi connectivity index (χ3v) is 3.76. The number of pyridine rings is 1. The number of thioether (sulfide) groups is 1. The van der Waals surface area contributed by atoms with Gasteiger partial charge >= 0.3 is 0 Å². The van der Waals surface area contributed by atoms with Crippen LogP contribution in [0.3, 0.4) is 0 Å². The first kappa shape index (κ1) is 15.3. The maximum absolute atomic E-state index is 5.68. The topological polar surface area (TPSA) is 34.2 Å². The molecule has 0 bridgehead atoms. The molecule has 4 heteroatoms. The molecule has 0 radical (unpaired) electrons. The number of hydrogen-bond acceptors (Lipinski definition) is 4. The van der Waals surface area contributed by atoms with Gasteiger partial charge in [0.05, 0.1) is 12.3 Å². The summed E-state index contributed by atoms with van der Waals surface area (Å²) < 4.78 is 5.68. The van der Waals surface area contributed by atoms with Crippen molar-refractivity contribution in [1.29, 1.82) is 0 Å². The van der Waals surface area contributed by atoms with Gasteiger partial charge in [0.1, 0.15) is 5.75 Å². The molecule has 0 aliphatic heterocycles. The van der Waals surface area contributed by atoms with Gasteiger partial charge in [-0.3, -0.25) is 4.98 Å². The lowest BCUT2D eigenvalue weighted by Gasteiger charge is -2.17. The van der Waals surface area contributed by atoms with E-state index in [1.807, 2.05) is 38.9 Å². The fraction of sp³-hybridized carbons (Fsp3) is 0.643. The highest BCUT2D eigenvalue weighted by atomic mass is 32.2. The van der Waals surface area contributed by atoms with Crippen LogP contribution in [0.2, 0.25) is 0 Å². The van der Waals surface area contributed by atoms with Gasteiger partial charge in [-0.05, 0) is 44.7 Å². The Kier molecular flexibility index (Phi) is 7.13. The Morgan fingerprint density at radius 1 is 1.39 bits per heavy atom. The standard InChI is InChI=1S/C14H24N2OS/c1-5-6-18-10-14(15-4)12-7-13(9-16-8-12)17-11(2)3/h7-9,11,14-15H,5-6,10H2,1-4H3. The number of nitrogens with zero attached hydrogens (tertiary/aromatic N) is 1. The average Bonchev–Trinajstić information content (AvgIpc) is 2.34. The summed E-state index contributed by atoms with van der Waals surface area (Å²) in [7, 11) is 1.99. The first-order valence-electron chi connectivity index (χ1n) is 6.54. The van der Waals surface area contributed by atoms with Crippen molar-refractivity contribution in [1.82, 2.24) is 10.3 Å². The van der Waals surface area contributed by atoms with Gasteiger partial charge in [0.2, 0.25) is 0 Å². The fourth-order valence-corrected chi connectivity index (χ4v) is 2.70. The Morgan fingerprint density at radius 2 is 2.17 bits per heavy atom. The highest BCUT2D eigenvalue weighted by Gasteiger charge is 2.11. The lowest BCUT2D eigenvalue weighted by molar-refractivity contribution is 0.241. The van der Waals surface area contributed by atoms with Gasteiger partial charge in [-0.1, -0.05) is 6.92 Å². The molecule has 1 atom stereocenters. The van der Waals surface area contributed by atoms with Crippen LogP contribution in [0.5, 0.6) is 5.75 Å². The number of rotatable bonds is 8. The van der Waals surface area contributed by atoms with Crippen LogP contribution in [0.4, 0.5) is 0 Å². The van der Waals surface area contributed by atoms with Gasteiger partial charge in [-0.25, -0.2) is 0 Å². The Morgan fingerprint density at radius 3 is 2.78 bits per heavy atom. The van der Waals surface area contributed by atoms with Crippen molar-refractivity contribution >= 4 is 11.8 Å². The van der Waals surface area contributed by atoms with Crippen molar-refractivity contribution < 1.29 is 4.74 Å². The van der Waals surface area contributed by atoms with E-state index in [2.05, 4.69) is 23.3 Å². The minimum Gasteiger partial charge on any atom is -0.489 e. The third-order valence-electron chi connectivity index (χ3n) is 2.49. The molecular formula is C14H24N2OS. The largest absolute Gasteiger partial charge is 0.489 e. The van der Waals surface area contributed by atoms with E-state index in [4.69, 9.17) is 4.74 Å². The molecule has 0 saturated heterocycles. The van der Waals surface area contributed by atoms with Crippen LogP contribution in [-0.2, 0) is 0 Å². The van der Waals surface area contributed by atoms with Crippen molar-refractivity contribution in [2.45, 2.75) is 39.3 Å². The smallest absolute Gasteiger partial charge is 0.138 e. The number of nitrogens with one attached hydrogen (secondary N) is 1. The molecule has 1 aromatic rings. The lowest BCUT2D eigenvalue weighted by atomic mass is 10.1. The molecule has 0 aliphatic rings. The summed E-state index contributed by atoms with van der Waals surface area (Å²) in [6, 6.07) is 2.42. The van der Waals surface area contributed by atoms with Gasteiger partial charge in [0.25, 0.3) is 0 Å². The van der Waals surface area contributed by atoms with Crippen molar-refractivity contribution in [3.8, 4) is 5.75 Å². The van der Waals surface area contributed by atoms with Crippen molar-refractivity contribution in [2.75, 3.05) is 18.6 Å². The zero-order valence-corrected chi connectivity index (χ0v) is 12.6. The number of ether oxygens (including phenoxy) is 1. The van der Waals surface area contributed by atoms with Gasteiger partial charge in [-0.2, -0.15) is 11.8 Å². The monoisotopic (exact) mass is 268 g/mol. The molecule has 0 aliphatic carbocycles. The molecule has 1 rings (SSSR count). The second-order valence-corrected chi connectivity index (χ2v) is 5.69. The molecular weight excluding hydrogens is 244 g/mol. The summed E-state index contributed by atoms with van der Waals surface area (Å²) in [4.78, 5) is 4.26. The van der Waals surface area contributed by atoms with Crippen LogP contribution in [0, 0.1) is 0 Å². The molecule has 0 fully saturated rings. The van der Waals surface area contributed by atoms with Crippen LogP contribution >= 0.6 is 11.8 Å². The maximum atomic E-state index is 5.68. The van der Waals surface area contributed by atoms with E-state index in [1.54, 1.807) is 6.20 Å². The fourth-order valence-electron chi connectivity index (χ4n) is 1.65. The molecule has 1 unspecified atom stereocenters. The quantitative estimate of drug-likeness (QED) is 0.734.